The third kappa shape index (κ3) is 2.05. The molecule has 0 spiro atoms. The van der Waals surface area contributed by atoms with Crippen LogP contribution >= 0.6 is 0 Å². The van der Waals surface area contributed by atoms with E-state index in [0.717, 1.165) is 12.8 Å². The van der Waals surface area contributed by atoms with Crippen LogP contribution in [0.15, 0.2) is 6.20 Å². The van der Waals surface area contributed by atoms with Crippen LogP contribution in [0.5, 0.6) is 0 Å². The number of hydrogen-bond acceptors (Lipinski definition) is 3. The van der Waals surface area contributed by atoms with Gasteiger partial charge < -0.3 is 0 Å². The Kier molecular flexibility index (Phi) is 3.00. The number of nitro groups is 1. The smallest absolute Gasteiger partial charge is 0.275 e. The molecule has 0 aliphatic carbocycles. The van der Waals surface area contributed by atoms with Crippen molar-refractivity contribution in [1.29, 1.82) is 0 Å². The molecule has 5 nitrogen and oxygen atoms in total. The first-order valence-electron chi connectivity index (χ1n) is 4.34. The lowest BCUT2D eigenvalue weighted by atomic mass is 10.0. The van der Waals surface area contributed by atoms with Gasteiger partial charge in [-0.2, -0.15) is 5.10 Å². The van der Waals surface area contributed by atoms with Gasteiger partial charge in [0.2, 0.25) is 0 Å². The van der Waals surface area contributed by atoms with E-state index in [1.807, 2.05) is 6.92 Å². The molecule has 1 rings (SSSR count). The molecular formula is C8H13N3O2. The second-order valence-electron chi connectivity index (χ2n) is 3.12. The zero-order valence-electron chi connectivity index (χ0n) is 7.78. The quantitative estimate of drug-likeness (QED) is 0.574. The first-order chi connectivity index (χ1) is 6.16. The van der Waals surface area contributed by atoms with Gasteiger partial charge in [-0.05, 0) is 6.42 Å². The minimum Gasteiger partial charge on any atom is -0.275 e. The van der Waals surface area contributed by atoms with Crippen molar-refractivity contribution in [2.75, 3.05) is 0 Å². The molecule has 13 heavy (non-hydrogen) atoms. The Morgan fingerprint density at radius 1 is 1.77 bits per heavy atom. The molecule has 0 aromatic carbocycles. The Hall–Kier alpha value is -1.39. The Morgan fingerprint density at radius 3 is 3.00 bits per heavy atom. The van der Waals surface area contributed by atoms with Crippen LogP contribution in [0.25, 0.3) is 0 Å². The Balaban J connectivity index is 2.86. The van der Waals surface area contributed by atoms with E-state index in [1.54, 1.807) is 0 Å². The number of rotatable bonds is 4. The molecule has 0 amide bonds. The third-order valence-electron chi connectivity index (χ3n) is 2.06. The van der Waals surface area contributed by atoms with Crippen molar-refractivity contribution in [3.63, 3.8) is 0 Å². The molecule has 1 N–H and O–H groups in total. The summed E-state index contributed by atoms with van der Waals surface area (Å²) in [5, 5.41) is 16.9. The topological polar surface area (TPSA) is 71.8 Å². The van der Waals surface area contributed by atoms with E-state index in [-0.39, 0.29) is 11.6 Å². The zero-order valence-corrected chi connectivity index (χ0v) is 7.78. The van der Waals surface area contributed by atoms with E-state index < -0.39 is 4.92 Å². The van der Waals surface area contributed by atoms with E-state index in [0.29, 0.717) is 5.69 Å². The van der Waals surface area contributed by atoms with Gasteiger partial charge in [0.1, 0.15) is 11.9 Å². The maximum atomic E-state index is 10.5. The highest BCUT2D eigenvalue weighted by Crippen LogP contribution is 2.26. The first-order valence-corrected chi connectivity index (χ1v) is 4.34. The summed E-state index contributed by atoms with van der Waals surface area (Å²) < 4.78 is 0. The fourth-order valence-electron chi connectivity index (χ4n) is 1.38. The highest BCUT2D eigenvalue weighted by molar-refractivity contribution is 5.34. The summed E-state index contributed by atoms with van der Waals surface area (Å²) in [6.45, 7) is 4.02. The van der Waals surface area contributed by atoms with Gasteiger partial charge in [0.05, 0.1) is 4.92 Å². The molecule has 0 saturated heterocycles. The van der Waals surface area contributed by atoms with Crippen LogP contribution in [0.3, 0.4) is 0 Å². The molecule has 1 heterocycles. The van der Waals surface area contributed by atoms with Crippen molar-refractivity contribution in [2.24, 2.45) is 0 Å². The molecule has 1 unspecified atom stereocenters. The number of hydrogen-bond donors (Lipinski definition) is 1. The monoisotopic (exact) mass is 183 g/mol. The van der Waals surface area contributed by atoms with E-state index in [1.165, 1.54) is 6.20 Å². The number of aromatic nitrogens is 2. The maximum Gasteiger partial charge on any atom is 0.310 e. The molecule has 72 valence electrons. The predicted molar refractivity (Wildman–Crippen MR) is 48.6 cm³/mol. The average molecular weight is 183 g/mol. The van der Waals surface area contributed by atoms with Gasteiger partial charge in [-0.3, -0.25) is 15.2 Å². The fourth-order valence-corrected chi connectivity index (χ4v) is 1.38. The number of aromatic amines is 1. The third-order valence-corrected chi connectivity index (χ3v) is 2.06. The summed E-state index contributed by atoms with van der Waals surface area (Å²) >= 11 is 0. The maximum absolute atomic E-state index is 10.5. The van der Waals surface area contributed by atoms with Crippen molar-refractivity contribution in [2.45, 2.75) is 32.6 Å². The zero-order chi connectivity index (χ0) is 9.84. The summed E-state index contributed by atoms with van der Waals surface area (Å²) in [6.07, 6.45) is 3.21. The number of H-pyrrole nitrogens is 1. The average Bonchev–Trinajstić information content (AvgIpc) is 2.52. The lowest BCUT2D eigenvalue weighted by Crippen LogP contribution is -1.98. The highest BCUT2D eigenvalue weighted by atomic mass is 16.6. The molecule has 0 aliphatic heterocycles. The molecule has 0 fully saturated rings. The molecule has 5 heteroatoms. The molecule has 1 aromatic heterocycles. The van der Waals surface area contributed by atoms with Gasteiger partial charge in [0.15, 0.2) is 0 Å². The van der Waals surface area contributed by atoms with Gasteiger partial charge in [-0.25, -0.2) is 0 Å². The van der Waals surface area contributed by atoms with Crippen molar-refractivity contribution < 1.29 is 4.92 Å². The van der Waals surface area contributed by atoms with E-state index >= 15 is 0 Å². The van der Waals surface area contributed by atoms with Crippen LogP contribution < -0.4 is 0 Å². The SMILES string of the molecule is CCCC(C)c1[nH]ncc1[N+](=O)[O-]. The lowest BCUT2D eigenvalue weighted by molar-refractivity contribution is -0.385. The normalized spacial score (nSPS) is 12.8. The molecule has 0 saturated carbocycles. The predicted octanol–water partition coefficient (Wildman–Crippen LogP) is 2.22. The molecule has 1 aromatic rings. The van der Waals surface area contributed by atoms with Crippen LogP contribution in [0.1, 0.15) is 38.3 Å². The Morgan fingerprint density at radius 2 is 2.46 bits per heavy atom. The molecule has 0 radical (unpaired) electrons. The first kappa shape index (κ1) is 9.70. The van der Waals surface area contributed by atoms with Gasteiger partial charge in [0, 0.05) is 5.92 Å². The van der Waals surface area contributed by atoms with Crippen molar-refractivity contribution >= 4 is 5.69 Å². The Bertz CT molecular complexity index is 295. The summed E-state index contributed by atoms with van der Waals surface area (Å²) in [4.78, 5) is 10.1. The van der Waals surface area contributed by atoms with Gasteiger partial charge in [-0.15, -0.1) is 0 Å². The van der Waals surface area contributed by atoms with Gasteiger partial charge in [-0.1, -0.05) is 20.3 Å². The van der Waals surface area contributed by atoms with Crippen molar-refractivity contribution in [3.05, 3.63) is 22.0 Å². The highest BCUT2D eigenvalue weighted by Gasteiger charge is 2.20. The van der Waals surface area contributed by atoms with Gasteiger partial charge in [0.25, 0.3) is 0 Å². The van der Waals surface area contributed by atoms with Gasteiger partial charge >= 0.3 is 5.69 Å². The van der Waals surface area contributed by atoms with Crippen LogP contribution in [0.2, 0.25) is 0 Å². The lowest BCUT2D eigenvalue weighted by Gasteiger charge is -2.05. The second kappa shape index (κ2) is 4.02. The minimum atomic E-state index is -0.398. The van der Waals surface area contributed by atoms with Crippen LogP contribution in [0, 0.1) is 10.1 Å². The van der Waals surface area contributed by atoms with Crippen LogP contribution in [-0.2, 0) is 0 Å². The molecule has 0 aliphatic rings. The largest absolute Gasteiger partial charge is 0.310 e. The second-order valence-corrected chi connectivity index (χ2v) is 3.12. The Labute approximate surface area is 76.3 Å². The summed E-state index contributed by atoms with van der Waals surface area (Å²) in [5.41, 5.74) is 0.729. The summed E-state index contributed by atoms with van der Waals surface area (Å²) in [6, 6.07) is 0. The van der Waals surface area contributed by atoms with Crippen molar-refractivity contribution in [1.82, 2.24) is 10.2 Å². The van der Waals surface area contributed by atoms with Crippen LogP contribution in [0.4, 0.5) is 5.69 Å². The van der Waals surface area contributed by atoms with Crippen molar-refractivity contribution in [3.8, 4) is 0 Å². The molecule has 0 bridgehead atoms. The molecule has 1 atom stereocenters. The summed E-state index contributed by atoms with van der Waals surface area (Å²) in [5.74, 6) is 0.174. The van der Waals surface area contributed by atoms with E-state index in [4.69, 9.17) is 0 Å². The van der Waals surface area contributed by atoms with E-state index in [9.17, 15) is 10.1 Å². The summed E-state index contributed by atoms with van der Waals surface area (Å²) in [7, 11) is 0. The van der Waals surface area contributed by atoms with Crippen LogP contribution in [-0.4, -0.2) is 15.1 Å². The van der Waals surface area contributed by atoms with E-state index in [2.05, 4.69) is 17.1 Å². The number of nitrogens with one attached hydrogen (secondary N) is 1. The minimum absolute atomic E-state index is 0.0981. The molecular weight excluding hydrogens is 170 g/mol. The fraction of sp³-hybridized carbons (Fsp3) is 0.625. The number of nitrogens with zero attached hydrogens (tertiary/aromatic N) is 2. The standard InChI is InChI=1S/C8H13N3O2/c1-3-4-6(2)8-7(11(12)13)5-9-10-8/h5-6H,3-4H2,1-2H3,(H,9,10).